The van der Waals surface area contributed by atoms with Crippen LogP contribution in [-0.4, -0.2) is 37.9 Å². The van der Waals surface area contributed by atoms with E-state index >= 15 is 0 Å². The zero-order valence-electron chi connectivity index (χ0n) is 14.7. The molecule has 0 aliphatic rings. The molecule has 3 N–H and O–H groups in total. The van der Waals surface area contributed by atoms with Crippen LogP contribution in [0, 0.1) is 5.92 Å². The number of rotatable bonds is 8. The zero-order chi connectivity index (χ0) is 17.8. The second-order valence-electron chi connectivity index (χ2n) is 6.12. The fourth-order valence-electron chi connectivity index (χ4n) is 2.72. The van der Waals surface area contributed by atoms with Gasteiger partial charge in [0.2, 0.25) is 5.75 Å². The highest BCUT2D eigenvalue weighted by atomic mass is 16.5. The molecule has 1 rings (SSSR count). The van der Waals surface area contributed by atoms with Crippen LogP contribution in [0.4, 0.5) is 0 Å². The number of hydrogen-bond acceptors (Lipinski definition) is 5. The van der Waals surface area contributed by atoms with Crippen molar-refractivity contribution in [3.05, 3.63) is 17.7 Å². The van der Waals surface area contributed by atoms with Crippen LogP contribution in [0.5, 0.6) is 17.2 Å². The second-order valence-corrected chi connectivity index (χ2v) is 6.12. The lowest BCUT2D eigenvalue weighted by Gasteiger charge is -2.29. The van der Waals surface area contributed by atoms with Gasteiger partial charge in [-0.1, -0.05) is 19.9 Å². The minimum Gasteiger partial charge on any atom is -0.493 e. The number of carboxylic acid groups (broad SMARTS) is 1. The molecule has 0 amide bonds. The molecule has 0 spiro atoms. The number of ether oxygens (including phenoxy) is 3. The Morgan fingerprint density at radius 1 is 1.17 bits per heavy atom. The second kappa shape index (κ2) is 7.55. The van der Waals surface area contributed by atoms with Crippen LogP contribution in [0.15, 0.2) is 12.1 Å². The summed E-state index contributed by atoms with van der Waals surface area (Å²) in [5.74, 6) is 0.776. The minimum atomic E-state index is -1.27. The van der Waals surface area contributed by atoms with Crippen LogP contribution in [0.3, 0.4) is 0 Å². The van der Waals surface area contributed by atoms with Gasteiger partial charge >= 0.3 is 5.97 Å². The molecule has 0 heterocycles. The molecule has 1 aromatic rings. The van der Waals surface area contributed by atoms with Gasteiger partial charge in [0, 0.05) is 5.56 Å². The fraction of sp³-hybridized carbons (Fsp3) is 0.588. The monoisotopic (exact) mass is 325 g/mol. The topological polar surface area (TPSA) is 91.0 Å². The maximum absolute atomic E-state index is 11.2. The molecule has 0 aromatic heterocycles. The lowest BCUT2D eigenvalue weighted by molar-refractivity contribution is -0.143. The maximum atomic E-state index is 11.2. The third kappa shape index (κ3) is 4.07. The van der Waals surface area contributed by atoms with E-state index in [9.17, 15) is 9.90 Å². The van der Waals surface area contributed by atoms with Gasteiger partial charge in [-0.25, -0.2) is 0 Å². The van der Waals surface area contributed by atoms with E-state index < -0.39 is 11.5 Å². The lowest BCUT2D eigenvalue weighted by Crippen LogP contribution is -2.46. The van der Waals surface area contributed by atoms with Crippen molar-refractivity contribution in [2.75, 3.05) is 21.3 Å². The zero-order valence-corrected chi connectivity index (χ0v) is 14.7. The van der Waals surface area contributed by atoms with Gasteiger partial charge < -0.3 is 25.1 Å². The molecule has 0 saturated carbocycles. The Labute approximate surface area is 137 Å². The van der Waals surface area contributed by atoms with Crippen LogP contribution in [0.1, 0.15) is 38.7 Å². The standard InChI is InChI=1S/C17H27NO5/c1-10(9-17(3,18)16(19)20)11(2)12-7-8-13(21-4)15(23-6)14(12)22-5/h7-8,10-11H,9,18H2,1-6H3,(H,19,20). The Morgan fingerprint density at radius 3 is 2.17 bits per heavy atom. The molecule has 6 heteroatoms. The summed E-state index contributed by atoms with van der Waals surface area (Å²) in [6, 6.07) is 3.73. The van der Waals surface area contributed by atoms with E-state index in [-0.39, 0.29) is 11.8 Å². The summed E-state index contributed by atoms with van der Waals surface area (Å²) in [7, 11) is 4.69. The summed E-state index contributed by atoms with van der Waals surface area (Å²) < 4.78 is 16.2. The van der Waals surface area contributed by atoms with E-state index in [1.165, 1.54) is 6.92 Å². The SMILES string of the molecule is COc1ccc(C(C)C(C)CC(C)(N)C(=O)O)c(OC)c1OC. The molecule has 6 nitrogen and oxygen atoms in total. The average molecular weight is 325 g/mol. The van der Waals surface area contributed by atoms with Crippen LogP contribution in [0.25, 0.3) is 0 Å². The van der Waals surface area contributed by atoms with Crippen molar-refractivity contribution in [1.82, 2.24) is 0 Å². The van der Waals surface area contributed by atoms with Gasteiger partial charge in [-0.3, -0.25) is 4.79 Å². The van der Waals surface area contributed by atoms with Crippen molar-refractivity contribution in [2.24, 2.45) is 11.7 Å². The summed E-state index contributed by atoms with van der Waals surface area (Å²) in [6.45, 7) is 5.53. The van der Waals surface area contributed by atoms with Crippen molar-refractivity contribution in [3.63, 3.8) is 0 Å². The van der Waals surface area contributed by atoms with E-state index in [1.54, 1.807) is 21.3 Å². The van der Waals surface area contributed by atoms with E-state index in [4.69, 9.17) is 19.9 Å². The van der Waals surface area contributed by atoms with Crippen molar-refractivity contribution < 1.29 is 24.1 Å². The number of nitrogens with two attached hydrogens (primary N) is 1. The first-order valence-corrected chi connectivity index (χ1v) is 7.50. The molecule has 0 fully saturated rings. The van der Waals surface area contributed by atoms with Crippen LogP contribution >= 0.6 is 0 Å². The Bertz CT molecular complexity index is 556. The normalized spacial score (nSPS) is 16.1. The number of carbonyl (C=O) groups is 1. The highest BCUT2D eigenvalue weighted by Gasteiger charge is 2.33. The van der Waals surface area contributed by atoms with Gasteiger partial charge in [0.15, 0.2) is 11.5 Å². The van der Waals surface area contributed by atoms with Crippen molar-refractivity contribution >= 4 is 5.97 Å². The molecule has 0 saturated heterocycles. The van der Waals surface area contributed by atoms with Gasteiger partial charge in [0.25, 0.3) is 0 Å². The Balaban J connectivity index is 3.17. The number of benzene rings is 1. The number of carboxylic acids is 1. The smallest absolute Gasteiger partial charge is 0.323 e. The van der Waals surface area contributed by atoms with Gasteiger partial charge in [-0.05, 0) is 31.2 Å². The summed E-state index contributed by atoms with van der Waals surface area (Å²) in [4.78, 5) is 11.2. The van der Waals surface area contributed by atoms with E-state index in [1.807, 2.05) is 26.0 Å². The first kappa shape index (κ1) is 19.1. The van der Waals surface area contributed by atoms with E-state index in [0.29, 0.717) is 23.7 Å². The molecule has 130 valence electrons. The molecule has 23 heavy (non-hydrogen) atoms. The fourth-order valence-corrected chi connectivity index (χ4v) is 2.72. The lowest BCUT2D eigenvalue weighted by atomic mass is 9.80. The largest absolute Gasteiger partial charge is 0.493 e. The predicted octanol–water partition coefficient (Wildman–Crippen LogP) is 2.64. The number of hydrogen-bond donors (Lipinski definition) is 2. The molecule has 3 unspecified atom stereocenters. The highest BCUT2D eigenvalue weighted by molar-refractivity contribution is 5.77. The summed E-state index contributed by atoms with van der Waals surface area (Å²) in [5.41, 5.74) is 5.54. The summed E-state index contributed by atoms with van der Waals surface area (Å²) in [5, 5.41) is 9.21. The third-order valence-electron chi connectivity index (χ3n) is 4.31. The Hall–Kier alpha value is -1.95. The Morgan fingerprint density at radius 2 is 1.74 bits per heavy atom. The Kier molecular flexibility index (Phi) is 6.27. The molecule has 0 aliphatic heterocycles. The maximum Gasteiger partial charge on any atom is 0.323 e. The minimum absolute atomic E-state index is 0.0342. The van der Waals surface area contributed by atoms with Gasteiger partial charge in [-0.15, -0.1) is 0 Å². The van der Waals surface area contributed by atoms with Gasteiger partial charge in [0.05, 0.1) is 21.3 Å². The highest BCUT2D eigenvalue weighted by Crippen LogP contribution is 2.44. The molecule has 1 aromatic carbocycles. The summed E-state index contributed by atoms with van der Waals surface area (Å²) >= 11 is 0. The van der Waals surface area contributed by atoms with E-state index in [0.717, 1.165) is 5.56 Å². The molecule has 0 aliphatic carbocycles. The van der Waals surface area contributed by atoms with Crippen molar-refractivity contribution in [2.45, 2.75) is 38.6 Å². The molecule has 0 radical (unpaired) electrons. The van der Waals surface area contributed by atoms with Crippen LogP contribution < -0.4 is 19.9 Å². The first-order valence-electron chi connectivity index (χ1n) is 7.50. The molecule has 0 bridgehead atoms. The molecular weight excluding hydrogens is 298 g/mol. The van der Waals surface area contributed by atoms with Crippen LogP contribution in [0.2, 0.25) is 0 Å². The molecular formula is C17H27NO5. The number of aliphatic carboxylic acids is 1. The van der Waals surface area contributed by atoms with Gasteiger partial charge in [-0.2, -0.15) is 0 Å². The molecule has 3 atom stereocenters. The van der Waals surface area contributed by atoms with E-state index in [2.05, 4.69) is 0 Å². The average Bonchev–Trinajstić information content (AvgIpc) is 2.51. The van der Waals surface area contributed by atoms with Crippen molar-refractivity contribution in [1.29, 1.82) is 0 Å². The van der Waals surface area contributed by atoms with Gasteiger partial charge in [0.1, 0.15) is 5.54 Å². The summed E-state index contributed by atoms with van der Waals surface area (Å²) in [6.07, 6.45) is 0.348. The first-order chi connectivity index (χ1) is 10.7. The predicted molar refractivity (Wildman–Crippen MR) is 88.5 cm³/mol. The quantitative estimate of drug-likeness (QED) is 0.763. The third-order valence-corrected chi connectivity index (χ3v) is 4.31. The van der Waals surface area contributed by atoms with Crippen LogP contribution in [-0.2, 0) is 4.79 Å². The van der Waals surface area contributed by atoms with Crippen molar-refractivity contribution in [3.8, 4) is 17.2 Å². The number of methoxy groups -OCH3 is 3.